The van der Waals surface area contributed by atoms with Crippen LogP contribution in [0.1, 0.15) is 33.0 Å². The highest BCUT2D eigenvalue weighted by atomic mass is 16.5. The zero-order chi connectivity index (χ0) is 22.1. The summed E-state index contributed by atoms with van der Waals surface area (Å²) in [6, 6.07) is 31.3. The molecule has 0 saturated heterocycles. The summed E-state index contributed by atoms with van der Waals surface area (Å²) < 4.78 is 6.14. The number of ether oxygens (including phenoxy) is 1. The fraction of sp³-hybridized carbons (Fsp3) is 0.0714. The van der Waals surface area contributed by atoms with Gasteiger partial charge in [0.25, 0.3) is 5.91 Å². The van der Waals surface area contributed by atoms with Crippen molar-refractivity contribution in [3.05, 3.63) is 125 Å². The lowest BCUT2D eigenvalue weighted by molar-refractivity contribution is 0.0947. The fourth-order valence-corrected chi connectivity index (χ4v) is 4.17. The summed E-state index contributed by atoms with van der Waals surface area (Å²) in [5.74, 6) is 0.133. The predicted molar refractivity (Wildman–Crippen MR) is 124 cm³/mol. The highest BCUT2D eigenvalue weighted by molar-refractivity contribution is 5.96. The van der Waals surface area contributed by atoms with E-state index in [4.69, 9.17) is 4.74 Å². The minimum Gasteiger partial charge on any atom is -0.439 e. The number of allylic oxidation sites excluding steroid dienone is 1. The molecule has 0 radical (unpaired) electrons. The van der Waals surface area contributed by atoms with Gasteiger partial charge in [0.1, 0.15) is 17.4 Å². The van der Waals surface area contributed by atoms with Gasteiger partial charge in [0, 0.05) is 11.1 Å². The van der Waals surface area contributed by atoms with Gasteiger partial charge in [-0.3, -0.25) is 10.1 Å². The highest BCUT2D eigenvalue weighted by Gasteiger charge is 2.33. The molecule has 4 heteroatoms. The first kappa shape index (κ1) is 19.6. The molecule has 0 aliphatic carbocycles. The van der Waals surface area contributed by atoms with Gasteiger partial charge in [-0.2, -0.15) is 5.26 Å². The molecule has 32 heavy (non-hydrogen) atoms. The minimum absolute atomic E-state index is 0.176. The molecule has 1 amide bonds. The Morgan fingerprint density at radius 1 is 0.906 bits per heavy atom. The van der Waals surface area contributed by atoms with E-state index < -0.39 is 0 Å². The van der Waals surface area contributed by atoms with Crippen molar-refractivity contribution in [2.45, 2.75) is 12.8 Å². The quantitative estimate of drug-likeness (QED) is 0.456. The lowest BCUT2D eigenvalue weighted by atomic mass is 9.81. The molecule has 0 bridgehead atoms. The monoisotopic (exact) mass is 416 g/mol. The summed E-state index contributed by atoms with van der Waals surface area (Å²) in [7, 11) is 0. The second-order valence-corrected chi connectivity index (χ2v) is 7.82. The van der Waals surface area contributed by atoms with Crippen molar-refractivity contribution in [3.8, 4) is 11.8 Å². The molecule has 1 aliphatic rings. The summed E-state index contributed by atoms with van der Waals surface area (Å²) in [6.45, 7) is 2.03. The Kier molecular flexibility index (Phi) is 4.93. The van der Waals surface area contributed by atoms with E-state index in [-0.39, 0.29) is 17.7 Å². The van der Waals surface area contributed by atoms with Crippen molar-refractivity contribution in [1.82, 2.24) is 5.32 Å². The Balaban J connectivity index is 1.69. The van der Waals surface area contributed by atoms with Crippen LogP contribution in [0, 0.1) is 18.3 Å². The molecule has 0 spiro atoms. The first-order chi connectivity index (χ1) is 15.7. The molecule has 5 rings (SSSR count). The molecule has 1 atom stereocenters. The maximum atomic E-state index is 12.9. The van der Waals surface area contributed by atoms with Gasteiger partial charge < -0.3 is 4.74 Å². The normalized spacial score (nSPS) is 14.9. The topological polar surface area (TPSA) is 62.1 Å². The number of rotatable bonds is 3. The lowest BCUT2D eigenvalue weighted by Gasteiger charge is -2.29. The van der Waals surface area contributed by atoms with Gasteiger partial charge in [-0.25, -0.2) is 0 Å². The van der Waals surface area contributed by atoms with Gasteiger partial charge in [0.2, 0.25) is 5.88 Å². The number of hydrogen-bond acceptors (Lipinski definition) is 3. The van der Waals surface area contributed by atoms with Crippen LogP contribution in [0.4, 0.5) is 0 Å². The maximum absolute atomic E-state index is 12.9. The van der Waals surface area contributed by atoms with Crippen molar-refractivity contribution in [1.29, 1.82) is 5.26 Å². The Hall–Kier alpha value is -4.36. The number of fused-ring (bicyclic) bond motifs is 3. The van der Waals surface area contributed by atoms with Crippen LogP contribution in [0.2, 0.25) is 0 Å². The summed E-state index contributed by atoms with van der Waals surface area (Å²) >= 11 is 0. The van der Waals surface area contributed by atoms with Gasteiger partial charge in [0.05, 0.1) is 5.92 Å². The van der Waals surface area contributed by atoms with E-state index in [1.807, 2.05) is 73.7 Å². The summed E-state index contributed by atoms with van der Waals surface area (Å²) in [4.78, 5) is 12.9. The van der Waals surface area contributed by atoms with Crippen LogP contribution in [0.5, 0.6) is 5.75 Å². The Bertz CT molecular complexity index is 1400. The number of carbonyl (C=O) groups is 1. The van der Waals surface area contributed by atoms with Crippen molar-refractivity contribution in [2.24, 2.45) is 0 Å². The third-order valence-corrected chi connectivity index (χ3v) is 5.76. The standard InChI is InChI=1S/C28H20N2O2/c1-18-11-13-20(14-12-18)25-23(17-29)28(30-27(31)21-8-3-2-4-9-21)32-24-16-15-19-7-5-6-10-22(19)26(24)25/h2-16,25H,1H3,(H,30,31). The first-order valence-electron chi connectivity index (χ1n) is 10.4. The average molecular weight is 416 g/mol. The molecule has 154 valence electrons. The predicted octanol–water partition coefficient (Wildman–Crippen LogP) is 5.84. The van der Waals surface area contributed by atoms with E-state index in [1.54, 1.807) is 24.3 Å². The highest BCUT2D eigenvalue weighted by Crippen LogP contribution is 2.46. The van der Waals surface area contributed by atoms with Crippen LogP contribution >= 0.6 is 0 Å². The smallest absolute Gasteiger partial charge is 0.257 e. The van der Waals surface area contributed by atoms with E-state index in [0.29, 0.717) is 16.9 Å². The first-order valence-corrected chi connectivity index (χ1v) is 10.4. The van der Waals surface area contributed by atoms with E-state index in [2.05, 4.69) is 11.4 Å². The van der Waals surface area contributed by atoms with Crippen molar-refractivity contribution >= 4 is 16.7 Å². The van der Waals surface area contributed by atoms with E-state index in [9.17, 15) is 10.1 Å². The van der Waals surface area contributed by atoms with E-state index in [1.165, 1.54) is 0 Å². The van der Waals surface area contributed by atoms with Crippen molar-refractivity contribution in [3.63, 3.8) is 0 Å². The number of nitriles is 1. The van der Waals surface area contributed by atoms with Crippen LogP contribution < -0.4 is 10.1 Å². The third-order valence-electron chi connectivity index (χ3n) is 5.76. The van der Waals surface area contributed by atoms with Crippen LogP contribution in [0.15, 0.2) is 102 Å². The number of nitrogens with zero attached hydrogens (tertiary/aromatic N) is 1. The molecule has 4 aromatic carbocycles. The summed E-state index contributed by atoms with van der Waals surface area (Å²) in [5.41, 5.74) is 3.92. The number of carbonyl (C=O) groups excluding carboxylic acids is 1. The maximum Gasteiger partial charge on any atom is 0.257 e. The molecule has 1 aliphatic heterocycles. The summed E-state index contributed by atoms with van der Waals surface area (Å²) in [5, 5.41) is 15.1. The molecular formula is C28H20N2O2. The molecular weight excluding hydrogens is 396 g/mol. The SMILES string of the molecule is Cc1ccc(C2C(C#N)=C(NC(=O)c3ccccc3)Oc3ccc4ccccc4c32)cc1. The fourth-order valence-electron chi connectivity index (χ4n) is 4.17. The molecule has 0 aromatic heterocycles. The zero-order valence-electron chi connectivity index (χ0n) is 17.5. The Labute approximate surface area is 186 Å². The second kappa shape index (κ2) is 8.05. The van der Waals surface area contributed by atoms with Crippen LogP contribution in [-0.4, -0.2) is 5.91 Å². The van der Waals surface area contributed by atoms with Gasteiger partial charge in [-0.05, 0) is 41.5 Å². The van der Waals surface area contributed by atoms with Crippen molar-refractivity contribution < 1.29 is 9.53 Å². The molecule has 1 N–H and O–H groups in total. The molecule has 0 saturated carbocycles. The largest absolute Gasteiger partial charge is 0.439 e. The van der Waals surface area contributed by atoms with Gasteiger partial charge in [-0.1, -0.05) is 78.4 Å². The number of hydrogen-bond donors (Lipinski definition) is 1. The zero-order valence-corrected chi connectivity index (χ0v) is 17.5. The second-order valence-electron chi connectivity index (χ2n) is 7.82. The molecule has 4 nitrogen and oxygen atoms in total. The van der Waals surface area contributed by atoms with Crippen molar-refractivity contribution in [2.75, 3.05) is 0 Å². The van der Waals surface area contributed by atoms with Crippen LogP contribution in [0.25, 0.3) is 10.8 Å². The van der Waals surface area contributed by atoms with Gasteiger partial charge >= 0.3 is 0 Å². The molecule has 4 aromatic rings. The van der Waals surface area contributed by atoms with Gasteiger partial charge in [-0.15, -0.1) is 0 Å². The van der Waals surface area contributed by atoms with Gasteiger partial charge in [0.15, 0.2) is 0 Å². The minimum atomic E-state index is -0.360. The lowest BCUT2D eigenvalue weighted by Crippen LogP contribution is -2.31. The molecule has 1 heterocycles. The molecule has 0 fully saturated rings. The van der Waals surface area contributed by atoms with E-state index in [0.717, 1.165) is 27.5 Å². The number of amides is 1. The number of nitrogens with one attached hydrogen (secondary N) is 1. The Morgan fingerprint density at radius 3 is 2.38 bits per heavy atom. The van der Waals surface area contributed by atoms with Crippen LogP contribution in [0.3, 0.4) is 0 Å². The average Bonchev–Trinajstić information content (AvgIpc) is 2.84. The number of benzene rings is 4. The Morgan fingerprint density at radius 2 is 1.62 bits per heavy atom. The third kappa shape index (κ3) is 3.40. The number of aryl methyl sites for hydroxylation is 1. The van der Waals surface area contributed by atoms with Crippen LogP contribution in [-0.2, 0) is 0 Å². The summed E-state index contributed by atoms with van der Waals surface area (Å²) in [6.07, 6.45) is 0. The van der Waals surface area contributed by atoms with E-state index >= 15 is 0 Å². The molecule has 1 unspecified atom stereocenters.